The van der Waals surface area contributed by atoms with Gasteiger partial charge in [-0.1, -0.05) is 49.1 Å². The zero-order valence-corrected chi connectivity index (χ0v) is 9.52. The van der Waals surface area contributed by atoms with Crippen molar-refractivity contribution in [3.8, 4) is 5.75 Å². The van der Waals surface area contributed by atoms with Gasteiger partial charge in [0, 0.05) is 0 Å². The summed E-state index contributed by atoms with van der Waals surface area (Å²) >= 11 is 0. The summed E-state index contributed by atoms with van der Waals surface area (Å²) in [7, 11) is 0. The van der Waals surface area contributed by atoms with Gasteiger partial charge in [0.05, 0.1) is 0 Å². The fraction of sp³-hybridized carbons (Fsp3) is 0.0667. The zero-order valence-electron chi connectivity index (χ0n) is 9.52. The number of benzene rings is 1. The minimum Gasteiger partial charge on any atom is -0.457 e. The highest BCUT2D eigenvalue weighted by molar-refractivity contribution is 5.29. The van der Waals surface area contributed by atoms with E-state index in [0.29, 0.717) is 5.76 Å². The van der Waals surface area contributed by atoms with Gasteiger partial charge in [0.2, 0.25) is 0 Å². The predicted octanol–water partition coefficient (Wildman–Crippen LogP) is 4.27. The molecule has 1 aromatic carbocycles. The third-order valence-electron chi connectivity index (χ3n) is 2.01. The van der Waals surface area contributed by atoms with Crippen molar-refractivity contribution in [3.63, 3.8) is 0 Å². The Labute approximate surface area is 97.1 Å². The molecule has 0 fully saturated rings. The summed E-state index contributed by atoms with van der Waals surface area (Å²) in [5.74, 6) is 1.52. The average molecular weight is 212 g/mol. The standard InChI is InChI=1S/C15H16O/c1-4-13(3)11-12-14(5-2)16-15-9-7-6-8-10-15/h4-12H,1-2H2,3H3/b13-11-,14-12+. The molecular formula is C15H16O. The van der Waals surface area contributed by atoms with Crippen molar-refractivity contribution in [2.24, 2.45) is 0 Å². The Hall–Kier alpha value is -2.02. The molecule has 1 rings (SSSR count). The molecule has 0 aromatic heterocycles. The molecule has 0 unspecified atom stereocenters. The van der Waals surface area contributed by atoms with E-state index >= 15 is 0 Å². The first-order valence-corrected chi connectivity index (χ1v) is 5.12. The highest BCUT2D eigenvalue weighted by Crippen LogP contribution is 2.13. The first-order valence-electron chi connectivity index (χ1n) is 5.12. The minimum atomic E-state index is 0.715. The lowest BCUT2D eigenvalue weighted by molar-refractivity contribution is 0.445. The summed E-state index contributed by atoms with van der Waals surface area (Å²) in [6.45, 7) is 9.38. The highest BCUT2D eigenvalue weighted by atomic mass is 16.5. The fourth-order valence-corrected chi connectivity index (χ4v) is 1.05. The Balaban J connectivity index is 2.77. The largest absolute Gasteiger partial charge is 0.457 e. The van der Waals surface area contributed by atoms with Crippen LogP contribution >= 0.6 is 0 Å². The molecule has 0 heterocycles. The fourth-order valence-electron chi connectivity index (χ4n) is 1.05. The van der Waals surface area contributed by atoms with E-state index in [-0.39, 0.29) is 0 Å². The summed E-state index contributed by atoms with van der Waals surface area (Å²) in [5.41, 5.74) is 1.08. The van der Waals surface area contributed by atoms with Crippen LogP contribution < -0.4 is 4.74 Å². The first kappa shape index (κ1) is 12.1. The van der Waals surface area contributed by atoms with E-state index in [1.165, 1.54) is 0 Å². The van der Waals surface area contributed by atoms with E-state index in [1.54, 1.807) is 12.2 Å². The van der Waals surface area contributed by atoms with Gasteiger partial charge in [-0.25, -0.2) is 0 Å². The maximum atomic E-state index is 5.62. The lowest BCUT2D eigenvalue weighted by Crippen LogP contribution is -1.90. The van der Waals surface area contributed by atoms with E-state index < -0.39 is 0 Å². The summed E-state index contributed by atoms with van der Waals surface area (Å²) in [4.78, 5) is 0. The molecular weight excluding hydrogens is 196 g/mol. The number of hydrogen-bond acceptors (Lipinski definition) is 1. The van der Waals surface area contributed by atoms with Crippen LogP contribution in [0.25, 0.3) is 0 Å². The Morgan fingerprint density at radius 2 is 1.75 bits per heavy atom. The maximum Gasteiger partial charge on any atom is 0.127 e. The molecule has 0 aliphatic heterocycles. The van der Waals surface area contributed by atoms with E-state index in [2.05, 4.69) is 13.2 Å². The van der Waals surface area contributed by atoms with Gasteiger partial charge in [-0.3, -0.25) is 0 Å². The summed E-state index contributed by atoms with van der Waals surface area (Å²) in [6.07, 6.45) is 7.28. The molecule has 0 N–H and O–H groups in total. The highest BCUT2D eigenvalue weighted by Gasteiger charge is 1.93. The molecule has 1 aromatic rings. The van der Waals surface area contributed by atoms with Gasteiger partial charge < -0.3 is 4.74 Å². The zero-order chi connectivity index (χ0) is 11.8. The van der Waals surface area contributed by atoms with Crippen LogP contribution in [0.3, 0.4) is 0 Å². The summed E-state index contributed by atoms with van der Waals surface area (Å²) in [5, 5.41) is 0. The van der Waals surface area contributed by atoms with Crippen LogP contribution in [0.1, 0.15) is 6.92 Å². The molecule has 0 atom stereocenters. The van der Waals surface area contributed by atoms with Crippen LogP contribution in [-0.4, -0.2) is 0 Å². The number of rotatable bonds is 5. The van der Waals surface area contributed by atoms with Crippen LogP contribution in [0.5, 0.6) is 5.75 Å². The molecule has 82 valence electrons. The molecule has 0 radical (unpaired) electrons. The van der Waals surface area contributed by atoms with Gasteiger partial charge in [-0.05, 0) is 31.2 Å². The molecule has 1 heteroatoms. The molecule has 0 amide bonds. The average Bonchev–Trinajstić information content (AvgIpc) is 2.35. The Morgan fingerprint density at radius 1 is 1.06 bits per heavy atom. The van der Waals surface area contributed by atoms with E-state index in [0.717, 1.165) is 11.3 Å². The second-order valence-corrected chi connectivity index (χ2v) is 3.30. The minimum absolute atomic E-state index is 0.715. The van der Waals surface area contributed by atoms with Crippen molar-refractivity contribution < 1.29 is 4.74 Å². The first-order chi connectivity index (χ1) is 7.76. The van der Waals surface area contributed by atoms with Crippen molar-refractivity contribution in [1.29, 1.82) is 0 Å². The normalized spacial score (nSPS) is 12.1. The number of para-hydroxylation sites is 1. The van der Waals surface area contributed by atoms with Crippen molar-refractivity contribution in [2.45, 2.75) is 6.92 Å². The molecule has 0 bridgehead atoms. The lowest BCUT2D eigenvalue weighted by atomic mass is 10.2. The molecule has 0 saturated heterocycles. The van der Waals surface area contributed by atoms with E-state index in [1.807, 2.05) is 49.4 Å². The Kier molecular flexibility index (Phi) is 4.87. The summed E-state index contributed by atoms with van der Waals surface area (Å²) < 4.78 is 5.62. The van der Waals surface area contributed by atoms with E-state index in [4.69, 9.17) is 4.74 Å². The lowest BCUT2D eigenvalue weighted by Gasteiger charge is -2.04. The molecule has 0 aliphatic carbocycles. The third kappa shape index (κ3) is 4.01. The second-order valence-electron chi connectivity index (χ2n) is 3.30. The van der Waals surface area contributed by atoms with Gasteiger partial charge in [0.15, 0.2) is 0 Å². The van der Waals surface area contributed by atoms with Crippen LogP contribution in [0.15, 0.2) is 79.1 Å². The summed E-state index contributed by atoms with van der Waals surface area (Å²) in [6, 6.07) is 9.62. The topological polar surface area (TPSA) is 9.23 Å². The van der Waals surface area contributed by atoms with Gasteiger partial charge in [0.25, 0.3) is 0 Å². The molecule has 1 nitrogen and oxygen atoms in total. The maximum absolute atomic E-state index is 5.62. The van der Waals surface area contributed by atoms with Gasteiger partial charge in [-0.2, -0.15) is 0 Å². The SMILES string of the molecule is C=C/C(C)=C\C=C(/C=C)Oc1ccccc1. The van der Waals surface area contributed by atoms with Crippen LogP contribution in [-0.2, 0) is 0 Å². The van der Waals surface area contributed by atoms with Crippen molar-refractivity contribution in [1.82, 2.24) is 0 Å². The quantitative estimate of drug-likeness (QED) is 0.523. The Bertz CT molecular complexity index is 410. The van der Waals surface area contributed by atoms with E-state index in [9.17, 15) is 0 Å². The smallest absolute Gasteiger partial charge is 0.127 e. The molecule has 16 heavy (non-hydrogen) atoms. The third-order valence-corrected chi connectivity index (χ3v) is 2.01. The monoisotopic (exact) mass is 212 g/mol. The van der Waals surface area contributed by atoms with Crippen LogP contribution in [0, 0.1) is 0 Å². The van der Waals surface area contributed by atoms with Crippen LogP contribution in [0.4, 0.5) is 0 Å². The van der Waals surface area contributed by atoms with Gasteiger partial charge in [0.1, 0.15) is 11.5 Å². The van der Waals surface area contributed by atoms with Gasteiger partial charge >= 0.3 is 0 Å². The molecule has 0 aliphatic rings. The number of ether oxygens (including phenoxy) is 1. The van der Waals surface area contributed by atoms with Crippen molar-refractivity contribution in [2.75, 3.05) is 0 Å². The van der Waals surface area contributed by atoms with Crippen LogP contribution in [0.2, 0.25) is 0 Å². The second kappa shape index (κ2) is 6.46. The Morgan fingerprint density at radius 3 is 2.31 bits per heavy atom. The molecule has 0 saturated carbocycles. The van der Waals surface area contributed by atoms with Crippen molar-refractivity contribution in [3.05, 3.63) is 79.1 Å². The molecule has 0 spiro atoms. The number of hydrogen-bond donors (Lipinski definition) is 0. The number of allylic oxidation sites excluding steroid dienone is 5. The van der Waals surface area contributed by atoms with Crippen molar-refractivity contribution >= 4 is 0 Å². The predicted molar refractivity (Wildman–Crippen MR) is 69.3 cm³/mol. The van der Waals surface area contributed by atoms with Gasteiger partial charge in [-0.15, -0.1) is 0 Å².